The van der Waals surface area contributed by atoms with Gasteiger partial charge in [0.15, 0.2) is 5.76 Å². The highest BCUT2D eigenvalue weighted by Crippen LogP contribution is 2.28. The molecule has 0 atom stereocenters. The van der Waals surface area contributed by atoms with Crippen LogP contribution in [0.2, 0.25) is 0 Å². The SMILES string of the molecule is Cc1ccc(-c2ccc(-c3onc(C)c3C(=O)O)cc2)cc1. The normalized spacial score (nSPS) is 10.6. The first kappa shape index (κ1) is 14.1. The molecular weight excluding hydrogens is 278 g/mol. The summed E-state index contributed by atoms with van der Waals surface area (Å²) in [5.41, 5.74) is 4.59. The molecule has 0 fully saturated rings. The van der Waals surface area contributed by atoms with E-state index in [-0.39, 0.29) is 5.56 Å². The minimum atomic E-state index is -1.03. The predicted octanol–water partition coefficient (Wildman–Crippen LogP) is 4.32. The van der Waals surface area contributed by atoms with Crippen LogP contribution >= 0.6 is 0 Å². The minimum Gasteiger partial charge on any atom is -0.477 e. The molecule has 0 saturated carbocycles. The summed E-state index contributed by atoms with van der Waals surface area (Å²) >= 11 is 0. The Labute approximate surface area is 128 Å². The van der Waals surface area contributed by atoms with Crippen molar-refractivity contribution in [2.24, 2.45) is 0 Å². The molecule has 0 radical (unpaired) electrons. The first-order valence-electron chi connectivity index (χ1n) is 6.93. The number of hydrogen-bond donors (Lipinski definition) is 1. The summed E-state index contributed by atoms with van der Waals surface area (Å²) in [7, 11) is 0. The molecule has 1 heterocycles. The van der Waals surface area contributed by atoms with Crippen LogP contribution < -0.4 is 0 Å². The van der Waals surface area contributed by atoms with Crippen molar-refractivity contribution < 1.29 is 14.4 Å². The molecule has 3 aromatic rings. The van der Waals surface area contributed by atoms with Crippen LogP contribution in [0.5, 0.6) is 0 Å². The molecule has 0 amide bonds. The Morgan fingerprint density at radius 1 is 0.909 bits per heavy atom. The quantitative estimate of drug-likeness (QED) is 0.781. The zero-order chi connectivity index (χ0) is 15.7. The Kier molecular flexibility index (Phi) is 3.51. The van der Waals surface area contributed by atoms with Crippen molar-refractivity contribution in [3.8, 4) is 22.5 Å². The largest absolute Gasteiger partial charge is 0.477 e. The standard InChI is InChI=1S/C18H15NO3/c1-11-3-5-13(6-4-11)14-7-9-15(10-8-14)17-16(18(20)21)12(2)19-22-17/h3-10H,1-2H3,(H,20,21). The molecule has 1 aromatic heterocycles. The maximum Gasteiger partial charge on any atom is 0.341 e. The number of carbonyl (C=O) groups is 1. The monoisotopic (exact) mass is 293 g/mol. The number of aryl methyl sites for hydroxylation is 2. The highest BCUT2D eigenvalue weighted by molar-refractivity contribution is 5.95. The molecule has 22 heavy (non-hydrogen) atoms. The average molecular weight is 293 g/mol. The molecule has 1 N–H and O–H groups in total. The fourth-order valence-corrected chi connectivity index (χ4v) is 2.38. The Balaban J connectivity index is 1.98. The van der Waals surface area contributed by atoms with Gasteiger partial charge in [0.2, 0.25) is 0 Å². The molecule has 0 unspecified atom stereocenters. The lowest BCUT2D eigenvalue weighted by molar-refractivity contribution is 0.0696. The Morgan fingerprint density at radius 3 is 1.95 bits per heavy atom. The zero-order valence-corrected chi connectivity index (χ0v) is 12.3. The second-order valence-corrected chi connectivity index (χ2v) is 5.22. The molecule has 0 saturated heterocycles. The number of benzene rings is 2. The van der Waals surface area contributed by atoms with Crippen molar-refractivity contribution in [3.63, 3.8) is 0 Å². The maximum absolute atomic E-state index is 11.3. The van der Waals surface area contributed by atoms with Gasteiger partial charge in [-0.25, -0.2) is 4.79 Å². The number of carboxylic acid groups (broad SMARTS) is 1. The highest BCUT2D eigenvalue weighted by atomic mass is 16.5. The summed E-state index contributed by atoms with van der Waals surface area (Å²) in [5, 5.41) is 13.0. The van der Waals surface area contributed by atoms with Gasteiger partial charge in [-0.1, -0.05) is 59.3 Å². The predicted molar refractivity (Wildman–Crippen MR) is 83.8 cm³/mol. The molecule has 110 valence electrons. The van der Waals surface area contributed by atoms with Crippen LogP contribution in [0.1, 0.15) is 21.6 Å². The second kappa shape index (κ2) is 5.48. The van der Waals surface area contributed by atoms with Gasteiger partial charge in [0.1, 0.15) is 5.56 Å². The molecule has 0 spiro atoms. The second-order valence-electron chi connectivity index (χ2n) is 5.22. The molecule has 3 rings (SSSR count). The third kappa shape index (κ3) is 2.51. The molecule has 2 aromatic carbocycles. The molecule has 4 heteroatoms. The van der Waals surface area contributed by atoms with E-state index in [1.54, 1.807) is 6.92 Å². The van der Waals surface area contributed by atoms with Gasteiger partial charge in [-0.3, -0.25) is 0 Å². The van der Waals surface area contributed by atoms with Gasteiger partial charge < -0.3 is 9.63 Å². The number of aromatic nitrogens is 1. The maximum atomic E-state index is 11.3. The minimum absolute atomic E-state index is 0.114. The van der Waals surface area contributed by atoms with Crippen molar-refractivity contribution >= 4 is 5.97 Å². The van der Waals surface area contributed by atoms with Gasteiger partial charge in [0, 0.05) is 5.56 Å². The zero-order valence-electron chi connectivity index (χ0n) is 12.3. The van der Waals surface area contributed by atoms with E-state index in [1.165, 1.54) is 5.56 Å². The number of rotatable bonds is 3. The van der Waals surface area contributed by atoms with Gasteiger partial charge in [-0.2, -0.15) is 0 Å². The molecule has 0 aliphatic carbocycles. The molecular formula is C18H15NO3. The Bertz CT molecular complexity index is 815. The number of aromatic carboxylic acids is 1. The first-order chi connectivity index (χ1) is 10.6. The van der Waals surface area contributed by atoms with Crippen molar-refractivity contribution in [1.29, 1.82) is 0 Å². The van der Waals surface area contributed by atoms with E-state index in [0.717, 1.165) is 11.1 Å². The van der Waals surface area contributed by atoms with Gasteiger partial charge in [-0.15, -0.1) is 0 Å². The molecule has 0 aliphatic heterocycles. The Hall–Kier alpha value is -2.88. The van der Waals surface area contributed by atoms with E-state index >= 15 is 0 Å². The molecule has 0 aliphatic rings. The van der Waals surface area contributed by atoms with E-state index in [1.807, 2.05) is 31.2 Å². The van der Waals surface area contributed by atoms with E-state index in [9.17, 15) is 9.90 Å². The fourth-order valence-electron chi connectivity index (χ4n) is 2.38. The molecule has 4 nitrogen and oxygen atoms in total. The van der Waals surface area contributed by atoms with Crippen molar-refractivity contribution in [3.05, 3.63) is 65.4 Å². The van der Waals surface area contributed by atoms with Crippen LogP contribution in [0.25, 0.3) is 22.5 Å². The highest BCUT2D eigenvalue weighted by Gasteiger charge is 2.20. The third-order valence-corrected chi connectivity index (χ3v) is 3.61. The number of nitrogens with zero attached hydrogens (tertiary/aromatic N) is 1. The van der Waals surface area contributed by atoms with Gasteiger partial charge in [0.05, 0.1) is 5.69 Å². The van der Waals surface area contributed by atoms with Crippen LogP contribution in [0, 0.1) is 13.8 Å². The van der Waals surface area contributed by atoms with Crippen molar-refractivity contribution in [1.82, 2.24) is 5.16 Å². The van der Waals surface area contributed by atoms with Crippen molar-refractivity contribution in [2.45, 2.75) is 13.8 Å². The summed E-state index contributed by atoms with van der Waals surface area (Å²) in [6, 6.07) is 15.8. The van der Waals surface area contributed by atoms with Gasteiger partial charge in [0.25, 0.3) is 0 Å². The van der Waals surface area contributed by atoms with Crippen LogP contribution in [0.15, 0.2) is 53.1 Å². The summed E-state index contributed by atoms with van der Waals surface area (Å²) in [5.74, 6) is -0.739. The van der Waals surface area contributed by atoms with Crippen LogP contribution in [-0.4, -0.2) is 16.2 Å². The average Bonchev–Trinajstić information content (AvgIpc) is 2.90. The van der Waals surface area contributed by atoms with E-state index in [2.05, 4.69) is 29.4 Å². The topological polar surface area (TPSA) is 63.3 Å². The third-order valence-electron chi connectivity index (χ3n) is 3.61. The summed E-state index contributed by atoms with van der Waals surface area (Å²) in [6.07, 6.45) is 0. The van der Waals surface area contributed by atoms with Gasteiger partial charge in [-0.05, 0) is 25.0 Å². The molecule has 0 bridgehead atoms. The van der Waals surface area contributed by atoms with Gasteiger partial charge >= 0.3 is 5.97 Å². The Morgan fingerprint density at radius 2 is 1.41 bits per heavy atom. The summed E-state index contributed by atoms with van der Waals surface area (Å²) < 4.78 is 5.17. The van der Waals surface area contributed by atoms with Crippen LogP contribution in [0.3, 0.4) is 0 Å². The summed E-state index contributed by atoms with van der Waals surface area (Å²) in [4.78, 5) is 11.3. The summed E-state index contributed by atoms with van der Waals surface area (Å²) in [6.45, 7) is 3.67. The van der Waals surface area contributed by atoms with E-state index < -0.39 is 5.97 Å². The lowest BCUT2D eigenvalue weighted by Crippen LogP contribution is -1.99. The first-order valence-corrected chi connectivity index (χ1v) is 6.93. The van der Waals surface area contributed by atoms with Crippen molar-refractivity contribution in [2.75, 3.05) is 0 Å². The van der Waals surface area contributed by atoms with Crippen LogP contribution in [0.4, 0.5) is 0 Å². The van der Waals surface area contributed by atoms with Crippen LogP contribution in [-0.2, 0) is 0 Å². The van der Waals surface area contributed by atoms with E-state index in [0.29, 0.717) is 17.0 Å². The number of hydrogen-bond acceptors (Lipinski definition) is 3. The lowest BCUT2D eigenvalue weighted by Gasteiger charge is -2.04. The number of carboxylic acids is 1. The van der Waals surface area contributed by atoms with E-state index in [4.69, 9.17) is 4.52 Å². The lowest BCUT2D eigenvalue weighted by atomic mass is 10.0. The fraction of sp³-hybridized carbons (Fsp3) is 0.111. The smallest absolute Gasteiger partial charge is 0.341 e.